The number of hydrogen-bond donors (Lipinski definition) is 1. The third-order valence-electron chi connectivity index (χ3n) is 5.12. The fourth-order valence-corrected chi connectivity index (χ4v) is 3.70. The Morgan fingerprint density at radius 3 is 2.52 bits per heavy atom. The molecule has 0 radical (unpaired) electrons. The summed E-state index contributed by atoms with van der Waals surface area (Å²) >= 11 is 0. The molecule has 1 atom stereocenters. The molecule has 2 heterocycles. The van der Waals surface area contributed by atoms with Gasteiger partial charge < -0.3 is 24.3 Å². The summed E-state index contributed by atoms with van der Waals surface area (Å²) in [6.45, 7) is 1.23. The molecule has 150 valence electrons. The van der Waals surface area contributed by atoms with Gasteiger partial charge in [-0.2, -0.15) is 0 Å². The number of benzene rings is 2. The number of anilines is 1. The van der Waals surface area contributed by atoms with Gasteiger partial charge in [0.15, 0.2) is 11.5 Å². The molecule has 4 rings (SSSR count). The normalized spacial score (nSPS) is 15.6. The fourth-order valence-electron chi connectivity index (χ4n) is 3.70. The van der Waals surface area contributed by atoms with E-state index in [1.165, 1.54) is 12.1 Å². The molecule has 2 amide bonds. The quantitative estimate of drug-likeness (QED) is 0.717. The number of amides is 2. The molecule has 1 N–H and O–H groups in total. The van der Waals surface area contributed by atoms with Crippen molar-refractivity contribution in [1.82, 2.24) is 9.47 Å². The van der Waals surface area contributed by atoms with Gasteiger partial charge in [-0.25, -0.2) is 9.18 Å². The van der Waals surface area contributed by atoms with Gasteiger partial charge in [-0.3, -0.25) is 0 Å². The fraction of sp³-hybridized carbons (Fsp3) is 0.227. The number of fused-ring (bicyclic) bond motifs is 1. The van der Waals surface area contributed by atoms with Gasteiger partial charge in [0, 0.05) is 30.7 Å². The van der Waals surface area contributed by atoms with Crippen LogP contribution in [0.25, 0.3) is 0 Å². The van der Waals surface area contributed by atoms with Gasteiger partial charge in [-0.05, 0) is 54.1 Å². The van der Waals surface area contributed by atoms with Crippen LogP contribution in [0.2, 0.25) is 0 Å². The van der Waals surface area contributed by atoms with Crippen LogP contribution in [0.15, 0.2) is 60.8 Å². The van der Waals surface area contributed by atoms with Crippen molar-refractivity contribution >= 4 is 11.7 Å². The summed E-state index contributed by atoms with van der Waals surface area (Å²) in [4.78, 5) is 14.9. The molecule has 29 heavy (non-hydrogen) atoms. The smallest absolute Gasteiger partial charge is 0.322 e. The zero-order valence-corrected chi connectivity index (χ0v) is 16.3. The number of nitrogens with zero attached hydrogens (tertiary/aromatic N) is 2. The number of methoxy groups -OCH3 is 2. The van der Waals surface area contributed by atoms with Crippen LogP contribution in [0.3, 0.4) is 0 Å². The third-order valence-corrected chi connectivity index (χ3v) is 5.12. The third kappa shape index (κ3) is 3.63. The Hall–Kier alpha value is -3.48. The second kappa shape index (κ2) is 7.87. The number of hydrogen-bond acceptors (Lipinski definition) is 3. The summed E-state index contributed by atoms with van der Waals surface area (Å²) < 4.78 is 26.1. The Bertz CT molecular complexity index is 1020. The van der Waals surface area contributed by atoms with Gasteiger partial charge in [0.05, 0.1) is 20.3 Å². The van der Waals surface area contributed by atoms with Crippen molar-refractivity contribution in [3.05, 3.63) is 77.9 Å². The minimum absolute atomic E-state index is 0.246. The molecule has 0 aliphatic carbocycles. The summed E-state index contributed by atoms with van der Waals surface area (Å²) in [5.74, 6) is 0.888. The second-order valence-electron chi connectivity index (χ2n) is 6.77. The van der Waals surface area contributed by atoms with Crippen LogP contribution in [-0.2, 0) is 6.54 Å². The summed E-state index contributed by atoms with van der Waals surface area (Å²) in [6, 6.07) is 14.9. The van der Waals surface area contributed by atoms with E-state index in [0.717, 1.165) is 11.3 Å². The number of ether oxygens (including phenoxy) is 2. The zero-order chi connectivity index (χ0) is 20.4. The lowest BCUT2D eigenvalue weighted by atomic mass is 9.99. The Morgan fingerprint density at radius 1 is 1.03 bits per heavy atom. The van der Waals surface area contributed by atoms with Gasteiger partial charge >= 0.3 is 6.03 Å². The Morgan fingerprint density at radius 2 is 1.79 bits per heavy atom. The average Bonchev–Trinajstić information content (AvgIpc) is 3.23. The topological polar surface area (TPSA) is 55.7 Å². The molecule has 1 aromatic heterocycles. The number of carbonyl (C=O) groups is 1. The number of nitrogens with one attached hydrogen (secondary N) is 1. The van der Waals surface area contributed by atoms with Crippen LogP contribution in [0.5, 0.6) is 11.5 Å². The predicted octanol–water partition coefficient (Wildman–Crippen LogP) is 4.28. The van der Waals surface area contributed by atoms with Crippen LogP contribution in [-0.4, -0.2) is 36.3 Å². The predicted molar refractivity (Wildman–Crippen MR) is 108 cm³/mol. The molecule has 0 unspecified atom stereocenters. The first kappa shape index (κ1) is 18.9. The molecular weight excluding hydrogens is 373 g/mol. The molecule has 1 aliphatic heterocycles. The van der Waals surface area contributed by atoms with Gasteiger partial charge in [0.1, 0.15) is 5.82 Å². The Labute approximate surface area is 168 Å². The van der Waals surface area contributed by atoms with Crippen molar-refractivity contribution in [3.8, 4) is 11.5 Å². The highest BCUT2D eigenvalue weighted by Gasteiger charge is 2.32. The lowest BCUT2D eigenvalue weighted by Gasteiger charge is -2.37. The van der Waals surface area contributed by atoms with E-state index in [9.17, 15) is 9.18 Å². The number of carbonyl (C=O) groups excluding carboxylic acids is 1. The number of rotatable bonds is 4. The highest BCUT2D eigenvalue weighted by atomic mass is 19.1. The van der Waals surface area contributed by atoms with Crippen molar-refractivity contribution in [2.45, 2.75) is 12.6 Å². The molecule has 0 bridgehead atoms. The first-order valence-corrected chi connectivity index (χ1v) is 9.31. The first-order chi connectivity index (χ1) is 14.1. The van der Waals surface area contributed by atoms with Gasteiger partial charge in [-0.15, -0.1) is 0 Å². The van der Waals surface area contributed by atoms with E-state index in [4.69, 9.17) is 9.47 Å². The van der Waals surface area contributed by atoms with E-state index in [1.54, 1.807) is 31.3 Å². The van der Waals surface area contributed by atoms with Crippen LogP contribution in [0.4, 0.5) is 14.9 Å². The molecule has 0 saturated carbocycles. The van der Waals surface area contributed by atoms with Crippen LogP contribution >= 0.6 is 0 Å². The molecule has 1 aliphatic rings. The highest BCUT2D eigenvalue weighted by Crippen LogP contribution is 2.37. The van der Waals surface area contributed by atoms with Crippen molar-refractivity contribution in [2.75, 3.05) is 26.1 Å². The van der Waals surface area contributed by atoms with Gasteiger partial charge in [-0.1, -0.05) is 6.07 Å². The zero-order valence-electron chi connectivity index (χ0n) is 16.3. The van der Waals surface area contributed by atoms with Crippen LogP contribution in [0, 0.1) is 5.82 Å². The van der Waals surface area contributed by atoms with Crippen molar-refractivity contribution in [2.24, 2.45) is 0 Å². The van der Waals surface area contributed by atoms with Crippen molar-refractivity contribution in [1.29, 1.82) is 0 Å². The van der Waals surface area contributed by atoms with Crippen LogP contribution < -0.4 is 14.8 Å². The summed E-state index contributed by atoms with van der Waals surface area (Å²) in [5, 5.41) is 2.87. The first-order valence-electron chi connectivity index (χ1n) is 9.31. The Kier molecular flexibility index (Phi) is 5.12. The van der Waals surface area contributed by atoms with E-state index in [2.05, 4.69) is 9.88 Å². The van der Waals surface area contributed by atoms with Crippen molar-refractivity contribution < 1.29 is 18.7 Å². The maximum atomic E-state index is 13.2. The molecule has 6 nitrogen and oxygen atoms in total. The van der Waals surface area contributed by atoms with E-state index >= 15 is 0 Å². The maximum absolute atomic E-state index is 13.2. The molecular formula is C22H22FN3O3. The maximum Gasteiger partial charge on any atom is 0.322 e. The minimum Gasteiger partial charge on any atom is -0.493 e. The Balaban J connectivity index is 1.69. The van der Waals surface area contributed by atoms with E-state index in [1.807, 2.05) is 36.5 Å². The minimum atomic E-state index is -0.345. The number of halogens is 1. The lowest BCUT2D eigenvalue weighted by molar-refractivity contribution is 0.181. The van der Waals surface area contributed by atoms with Gasteiger partial charge in [0.25, 0.3) is 0 Å². The second-order valence-corrected chi connectivity index (χ2v) is 6.77. The largest absolute Gasteiger partial charge is 0.493 e. The van der Waals surface area contributed by atoms with Gasteiger partial charge in [0.2, 0.25) is 0 Å². The molecule has 7 heteroatoms. The number of aromatic nitrogens is 1. The standard InChI is InChI=1S/C22H22FN3O3/c1-28-19-10-5-15(14-20(19)29-2)21-18-4-3-11-25(18)12-13-26(21)22(27)24-17-8-6-16(23)7-9-17/h3-11,14,21H,12-13H2,1-2H3,(H,24,27)/t21-/m0/s1. The molecule has 2 aromatic carbocycles. The summed E-state index contributed by atoms with van der Waals surface area (Å²) in [7, 11) is 3.18. The summed E-state index contributed by atoms with van der Waals surface area (Å²) in [5.41, 5.74) is 2.47. The molecule has 3 aromatic rings. The lowest BCUT2D eigenvalue weighted by Crippen LogP contribution is -2.44. The van der Waals surface area contributed by atoms with Crippen LogP contribution in [0.1, 0.15) is 17.3 Å². The SMILES string of the molecule is COc1ccc([C@H]2c3cccn3CCN2C(=O)Nc2ccc(F)cc2)cc1OC. The van der Waals surface area contributed by atoms with E-state index < -0.39 is 0 Å². The summed E-state index contributed by atoms with van der Waals surface area (Å²) in [6.07, 6.45) is 2.01. The monoisotopic (exact) mass is 395 g/mol. The average molecular weight is 395 g/mol. The number of urea groups is 1. The van der Waals surface area contributed by atoms with E-state index in [-0.39, 0.29) is 17.9 Å². The molecule has 0 fully saturated rings. The highest BCUT2D eigenvalue weighted by molar-refractivity contribution is 5.90. The molecule has 0 saturated heterocycles. The molecule has 0 spiro atoms. The van der Waals surface area contributed by atoms with E-state index in [0.29, 0.717) is 30.3 Å². The van der Waals surface area contributed by atoms with Crippen molar-refractivity contribution in [3.63, 3.8) is 0 Å².